The first kappa shape index (κ1) is 11.7. The summed E-state index contributed by atoms with van der Waals surface area (Å²) in [6, 6.07) is 4.26. The Hall–Kier alpha value is -1.36. The lowest BCUT2D eigenvalue weighted by molar-refractivity contribution is -0.124. The molecule has 2 aliphatic heterocycles. The minimum absolute atomic E-state index is 0.198. The molecule has 0 spiro atoms. The third-order valence-corrected chi connectivity index (χ3v) is 4.93. The van der Waals surface area contributed by atoms with Gasteiger partial charge in [-0.3, -0.25) is 9.59 Å². The second-order valence-electron chi connectivity index (χ2n) is 5.00. The SMILES string of the molecule is O=Cc1ccc(N2CCC3NC(=O)CCC3C2)s1. The van der Waals surface area contributed by atoms with Gasteiger partial charge in [-0.15, -0.1) is 11.3 Å². The maximum Gasteiger partial charge on any atom is 0.220 e. The Bertz CT molecular complexity index is 471. The van der Waals surface area contributed by atoms with Crippen molar-refractivity contribution in [3.8, 4) is 0 Å². The Morgan fingerprint density at radius 3 is 3.06 bits per heavy atom. The van der Waals surface area contributed by atoms with Crippen LogP contribution in [0.2, 0.25) is 0 Å². The Morgan fingerprint density at radius 2 is 2.28 bits per heavy atom. The number of piperidine rings is 2. The average molecular weight is 264 g/mol. The van der Waals surface area contributed by atoms with E-state index in [2.05, 4.69) is 10.2 Å². The minimum Gasteiger partial charge on any atom is -0.363 e. The van der Waals surface area contributed by atoms with Crippen molar-refractivity contribution in [3.05, 3.63) is 17.0 Å². The number of aldehydes is 1. The van der Waals surface area contributed by atoms with Gasteiger partial charge in [0.1, 0.15) is 0 Å². The molecule has 1 aromatic heterocycles. The molecule has 0 aliphatic carbocycles. The Morgan fingerprint density at radius 1 is 1.39 bits per heavy atom. The summed E-state index contributed by atoms with van der Waals surface area (Å²) in [5.41, 5.74) is 0. The number of anilines is 1. The molecule has 3 rings (SSSR count). The monoisotopic (exact) mass is 264 g/mol. The summed E-state index contributed by atoms with van der Waals surface area (Å²) in [6.45, 7) is 1.95. The van der Waals surface area contributed by atoms with Crippen molar-refractivity contribution in [2.45, 2.75) is 25.3 Å². The highest BCUT2D eigenvalue weighted by atomic mass is 32.1. The maximum absolute atomic E-state index is 11.4. The van der Waals surface area contributed by atoms with E-state index < -0.39 is 0 Å². The zero-order valence-corrected chi connectivity index (χ0v) is 10.9. The van der Waals surface area contributed by atoms with Gasteiger partial charge in [-0.1, -0.05) is 0 Å². The topological polar surface area (TPSA) is 49.4 Å². The van der Waals surface area contributed by atoms with Crippen LogP contribution in [0.15, 0.2) is 12.1 Å². The largest absolute Gasteiger partial charge is 0.363 e. The van der Waals surface area contributed by atoms with Crippen LogP contribution in [-0.2, 0) is 4.79 Å². The first-order valence-corrected chi connectivity index (χ1v) is 7.17. The standard InChI is InChI=1S/C13H16N2O2S/c16-8-10-2-4-13(18-10)15-6-5-11-9(7-15)1-3-12(17)14-11/h2,4,8-9,11H,1,3,5-7H2,(H,14,17). The van der Waals surface area contributed by atoms with Crippen LogP contribution >= 0.6 is 11.3 Å². The quantitative estimate of drug-likeness (QED) is 0.827. The molecule has 0 saturated carbocycles. The first-order chi connectivity index (χ1) is 8.76. The van der Waals surface area contributed by atoms with Crippen LogP contribution in [0.4, 0.5) is 5.00 Å². The van der Waals surface area contributed by atoms with E-state index in [0.717, 1.165) is 37.1 Å². The van der Waals surface area contributed by atoms with Crippen LogP contribution in [-0.4, -0.2) is 31.3 Å². The van der Waals surface area contributed by atoms with Gasteiger partial charge in [0.25, 0.3) is 0 Å². The van der Waals surface area contributed by atoms with Crippen LogP contribution in [0.1, 0.15) is 28.9 Å². The molecule has 2 unspecified atom stereocenters. The molecule has 2 atom stereocenters. The number of carbonyl (C=O) groups is 2. The van der Waals surface area contributed by atoms with Crippen LogP contribution in [0.3, 0.4) is 0 Å². The molecule has 0 bridgehead atoms. The molecule has 18 heavy (non-hydrogen) atoms. The van der Waals surface area contributed by atoms with Crippen molar-refractivity contribution in [2.75, 3.05) is 18.0 Å². The molecule has 1 amide bonds. The van der Waals surface area contributed by atoms with Crippen molar-refractivity contribution in [1.29, 1.82) is 0 Å². The molecule has 4 nitrogen and oxygen atoms in total. The number of nitrogens with one attached hydrogen (secondary N) is 1. The first-order valence-electron chi connectivity index (χ1n) is 6.35. The fourth-order valence-corrected chi connectivity index (χ4v) is 3.74. The third kappa shape index (κ3) is 2.14. The summed E-state index contributed by atoms with van der Waals surface area (Å²) < 4.78 is 0. The highest BCUT2D eigenvalue weighted by Gasteiger charge is 2.34. The highest BCUT2D eigenvalue weighted by molar-refractivity contribution is 7.17. The van der Waals surface area contributed by atoms with E-state index in [1.165, 1.54) is 5.00 Å². The number of amides is 1. The highest BCUT2D eigenvalue weighted by Crippen LogP contribution is 2.32. The van der Waals surface area contributed by atoms with Crippen molar-refractivity contribution in [1.82, 2.24) is 5.32 Å². The van der Waals surface area contributed by atoms with Gasteiger partial charge in [0.2, 0.25) is 5.91 Å². The molecular formula is C13H16N2O2S. The number of hydrogen-bond donors (Lipinski definition) is 1. The fourth-order valence-electron chi connectivity index (χ4n) is 2.89. The van der Waals surface area contributed by atoms with Crippen molar-refractivity contribution >= 4 is 28.5 Å². The van der Waals surface area contributed by atoms with Gasteiger partial charge in [-0.25, -0.2) is 0 Å². The zero-order chi connectivity index (χ0) is 12.5. The van der Waals surface area contributed by atoms with E-state index in [1.54, 1.807) is 11.3 Å². The lowest BCUT2D eigenvalue weighted by Crippen LogP contribution is -2.53. The second kappa shape index (κ2) is 4.72. The van der Waals surface area contributed by atoms with Crippen LogP contribution in [0, 0.1) is 5.92 Å². The fraction of sp³-hybridized carbons (Fsp3) is 0.538. The third-order valence-electron chi connectivity index (χ3n) is 3.86. The van der Waals surface area contributed by atoms with E-state index in [4.69, 9.17) is 0 Å². The molecule has 2 saturated heterocycles. The number of fused-ring (bicyclic) bond motifs is 1. The van der Waals surface area contributed by atoms with E-state index >= 15 is 0 Å². The van der Waals surface area contributed by atoms with Gasteiger partial charge in [-0.05, 0) is 30.9 Å². The lowest BCUT2D eigenvalue weighted by atomic mass is 9.85. The van der Waals surface area contributed by atoms with E-state index in [9.17, 15) is 9.59 Å². The molecule has 1 aromatic rings. The predicted molar refractivity (Wildman–Crippen MR) is 71.2 cm³/mol. The maximum atomic E-state index is 11.4. The van der Waals surface area contributed by atoms with Crippen molar-refractivity contribution in [3.63, 3.8) is 0 Å². The second-order valence-corrected chi connectivity index (χ2v) is 6.10. The molecule has 5 heteroatoms. The summed E-state index contributed by atoms with van der Waals surface area (Å²) in [5, 5.41) is 4.26. The van der Waals surface area contributed by atoms with Gasteiger partial charge in [0, 0.05) is 25.6 Å². The number of hydrogen-bond acceptors (Lipinski definition) is 4. The molecule has 2 fully saturated rings. The van der Waals surface area contributed by atoms with E-state index in [0.29, 0.717) is 18.4 Å². The van der Waals surface area contributed by atoms with Crippen LogP contribution in [0.25, 0.3) is 0 Å². The summed E-state index contributed by atoms with van der Waals surface area (Å²) in [6.07, 6.45) is 3.55. The summed E-state index contributed by atoms with van der Waals surface area (Å²) in [4.78, 5) is 25.2. The molecule has 2 aliphatic rings. The molecular weight excluding hydrogens is 248 g/mol. The average Bonchev–Trinajstić information content (AvgIpc) is 2.87. The Labute approximate surface area is 110 Å². The van der Waals surface area contributed by atoms with Crippen LogP contribution in [0.5, 0.6) is 0 Å². The minimum atomic E-state index is 0.198. The van der Waals surface area contributed by atoms with Gasteiger partial charge in [-0.2, -0.15) is 0 Å². The normalized spacial score (nSPS) is 27.6. The number of nitrogens with zero attached hydrogens (tertiary/aromatic N) is 1. The molecule has 96 valence electrons. The Kier molecular flexibility index (Phi) is 3.07. The molecule has 0 aromatic carbocycles. The van der Waals surface area contributed by atoms with Crippen molar-refractivity contribution < 1.29 is 9.59 Å². The molecule has 0 radical (unpaired) electrons. The van der Waals surface area contributed by atoms with Crippen LogP contribution < -0.4 is 10.2 Å². The lowest BCUT2D eigenvalue weighted by Gasteiger charge is -2.41. The summed E-state index contributed by atoms with van der Waals surface area (Å²) in [5.74, 6) is 0.752. The molecule has 3 heterocycles. The Balaban J connectivity index is 1.70. The number of thiophene rings is 1. The van der Waals surface area contributed by atoms with E-state index in [1.807, 2.05) is 12.1 Å². The summed E-state index contributed by atoms with van der Waals surface area (Å²) >= 11 is 1.55. The zero-order valence-electron chi connectivity index (χ0n) is 10.1. The van der Waals surface area contributed by atoms with Crippen molar-refractivity contribution in [2.24, 2.45) is 5.92 Å². The van der Waals surface area contributed by atoms with Gasteiger partial charge in [0.15, 0.2) is 6.29 Å². The van der Waals surface area contributed by atoms with Gasteiger partial charge < -0.3 is 10.2 Å². The smallest absolute Gasteiger partial charge is 0.220 e. The molecule has 1 N–H and O–H groups in total. The number of carbonyl (C=O) groups excluding carboxylic acids is 2. The number of rotatable bonds is 2. The van der Waals surface area contributed by atoms with Gasteiger partial charge >= 0.3 is 0 Å². The summed E-state index contributed by atoms with van der Waals surface area (Å²) in [7, 11) is 0. The van der Waals surface area contributed by atoms with E-state index in [-0.39, 0.29) is 5.91 Å². The predicted octanol–water partition coefficient (Wildman–Crippen LogP) is 1.67. The van der Waals surface area contributed by atoms with Gasteiger partial charge in [0.05, 0.1) is 9.88 Å².